The Morgan fingerprint density at radius 1 is 1.08 bits per heavy atom. The van der Waals surface area contributed by atoms with Gasteiger partial charge in [-0.15, -0.1) is 0 Å². The maximum Gasteiger partial charge on any atom is 0.416 e. The van der Waals surface area contributed by atoms with Crippen molar-refractivity contribution in [3.8, 4) is 0 Å². The Labute approximate surface area is 146 Å². The Morgan fingerprint density at radius 3 is 2.38 bits per heavy atom. The first kappa shape index (κ1) is 17.7. The van der Waals surface area contributed by atoms with Crippen LogP contribution in [0.2, 0.25) is 0 Å². The second kappa shape index (κ2) is 6.62. The zero-order valence-corrected chi connectivity index (χ0v) is 13.7. The normalized spacial score (nSPS) is 11.5. The first-order chi connectivity index (χ1) is 12.3. The first-order valence-electron chi connectivity index (χ1n) is 7.66. The maximum absolute atomic E-state index is 12.7. The van der Waals surface area contributed by atoms with Gasteiger partial charge in [-0.1, -0.05) is 12.1 Å². The molecule has 0 unspecified atom stereocenters. The first-order valence-corrected chi connectivity index (χ1v) is 7.66. The van der Waals surface area contributed by atoms with E-state index in [4.69, 9.17) is 0 Å². The Balaban J connectivity index is 1.92. The van der Waals surface area contributed by atoms with Crippen LogP contribution in [0.3, 0.4) is 0 Å². The Morgan fingerprint density at radius 2 is 1.77 bits per heavy atom. The van der Waals surface area contributed by atoms with Gasteiger partial charge < -0.3 is 4.90 Å². The quantitative estimate of drug-likeness (QED) is 0.495. The van der Waals surface area contributed by atoms with Gasteiger partial charge in [-0.05, 0) is 29.8 Å². The average molecular weight is 361 g/mol. The summed E-state index contributed by atoms with van der Waals surface area (Å²) in [7, 11) is 1.78. The number of hydrogen-bond donors (Lipinski definition) is 0. The van der Waals surface area contributed by atoms with E-state index < -0.39 is 16.7 Å². The van der Waals surface area contributed by atoms with Crippen LogP contribution >= 0.6 is 0 Å². The molecule has 0 atom stereocenters. The molecule has 0 saturated carbocycles. The number of rotatable bonds is 4. The highest BCUT2D eigenvalue weighted by atomic mass is 19.4. The molecule has 0 aliphatic heterocycles. The predicted octanol–water partition coefficient (Wildman–Crippen LogP) is 4.80. The summed E-state index contributed by atoms with van der Waals surface area (Å²) in [6, 6.07) is 9.65. The SMILES string of the molecule is CN(Cc1ccc(C(F)(F)F)cc1)c1ccc([N+](=O)[O-])c2cnccc12. The molecule has 0 aliphatic carbocycles. The molecule has 0 fully saturated rings. The number of nitro groups is 1. The van der Waals surface area contributed by atoms with E-state index in [1.165, 1.54) is 24.4 Å². The fourth-order valence-electron chi connectivity index (χ4n) is 2.81. The van der Waals surface area contributed by atoms with Crippen LogP contribution in [0.15, 0.2) is 54.9 Å². The summed E-state index contributed by atoms with van der Waals surface area (Å²) in [5, 5.41) is 12.2. The molecule has 5 nitrogen and oxygen atoms in total. The van der Waals surface area contributed by atoms with E-state index in [0.29, 0.717) is 22.9 Å². The molecule has 3 rings (SSSR count). The Kier molecular flexibility index (Phi) is 4.50. The second-order valence-electron chi connectivity index (χ2n) is 5.83. The monoisotopic (exact) mass is 361 g/mol. The molecular formula is C18H14F3N3O2. The summed E-state index contributed by atoms with van der Waals surface area (Å²) in [6.07, 6.45) is -1.39. The molecule has 0 aliphatic rings. The lowest BCUT2D eigenvalue weighted by Gasteiger charge is -2.21. The molecule has 0 spiro atoms. The van der Waals surface area contributed by atoms with Gasteiger partial charge in [-0.25, -0.2) is 0 Å². The van der Waals surface area contributed by atoms with Crippen LogP contribution in [0.5, 0.6) is 0 Å². The lowest BCUT2D eigenvalue weighted by Crippen LogP contribution is -2.17. The minimum Gasteiger partial charge on any atom is -0.370 e. The number of pyridine rings is 1. The summed E-state index contributed by atoms with van der Waals surface area (Å²) in [5.41, 5.74) is 0.685. The average Bonchev–Trinajstić information content (AvgIpc) is 2.60. The van der Waals surface area contributed by atoms with Crippen LogP contribution in [0, 0.1) is 10.1 Å². The third-order valence-corrected chi connectivity index (χ3v) is 4.08. The predicted molar refractivity (Wildman–Crippen MR) is 91.9 cm³/mol. The molecule has 1 heterocycles. The fourth-order valence-corrected chi connectivity index (χ4v) is 2.81. The van der Waals surface area contributed by atoms with Crippen LogP contribution in [-0.4, -0.2) is 17.0 Å². The molecular weight excluding hydrogens is 347 g/mol. The molecule has 3 aromatic rings. The van der Waals surface area contributed by atoms with Crippen LogP contribution in [-0.2, 0) is 12.7 Å². The van der Waals surface area contributed by atoms with E-state index in [-0.39, 0.29) is 5.69 Å². The van der Waals surface area contributed by atoms with Gasteiger partial charge in [0.05, 0.1) is 15.9 Å². The molecule has 134 valence electrons. The third kappa shape index (κ3) is 3.44. The zero-order chi connectivity index (χ0) is 18.9. The zero-order valence-electron chi connectivity index (χ0n) is 13.7. The summed E-state index contributed by atoms with van der Waals surface area (Å²) in [6.45, 7) is 0.355. The summed E-state index contributed by atoms with van der Waals surface area (Å²) >= 11 is 0. The van der Waals surface area contributed by atoms with Gasteiger partial charge in [0.2, 0.25) is 0 Å². The van der Waals surface area contributed by atoms with Gasteiger partial charge in [-0.3, -0.25) is 15.1 Å². The van der Waals surface area contributed by atoms with Gasteiger partial charge >= 0.3 is 6.18 Å². The molecule has 26 heavy (non-hydrogen) atoms. The van der Waals surface area contributed by atoms with Crippen LogP contribution in [0.4, 0.5) is 24.5 Å². The van der Waals surface area contributed by atoms with Gasteiger partial charge in [-0.2, -0.15) is 13.2 Å². The number of nitro benzene ring substituents is 1. The Hall–Kier alpha value is -3.16. The van der Waals surface area contributed by atoms with Crippen molar-refractivity contribution in [2.45, 2.75) is 12.7 Å². The van der Waals surface area contributed by atoms with Crippen molar-refractivity contribution in [3.05, 3.63) is 76.1 Å². The highest BCUT2D eigenvalue weighted by Gasteiger charge is 2.30. The lowest BCUT2D eigenvalue weighted by molar-refractivity contribution is -0.383. The van der Waals surface area contributed by atoms with Crippen molar-refractivity contribution in [1.29, 1.82) is 0 Å². The van der Waals surface area contributed by atoms with E-state index in [9.17, 15) is 23.3 Å². The van der Waals surface area contributed by atoms with Crippen LogP contribution in [0.1, 0.15) is 11.1 Å². The summed E-state index contributed by atoms with van der Waals surface area (Å²) in [5.74, 6) is 0. The third-order valence-electron chi connectivity index (χ3n) is 4.08. The largest absolute Gasteiger partial charge is 0.416 e. The van der Waals surface area contributed by atoms with Crippen molar-refractivity contribution in [2.24, 2.45) is 0 Å². The fraction of sp³-hybridized carbons (Fsp3) is 0.167. The molecule has 8 heteroatoms. The van der Waals surface area contributed by atoms with Gasteiger partial charge in [0.25, 0.3) is 5.69 Å². The van der Waals surface area contributed by atoms with E-state index in [2.05, 4.69) is 4.98 Å². The van der Waals surface area contributed by atoms with Crippen molar-refractivity contribution in [3.63, 3.8) is 0 Å². The summed E-state index contributed by atoms with van der Waals surface area (Å²) < 4.78 is 38.0. The Bertz CT molecular complexity index is 956. The van der Waals surface area contributed by atoms with Crippen molar-refractivity contribution in [2.75, 3.05) is 11.9 Å². The number of benzene rings is 2. The number of non-ortho nitro benzene ring substituents is 1. The number of aromatic nitrogens is 1. The van der Waals surface area contributed by atoms with Gasteiger partial charge in [0, 0.05) is 43.1 Å². The van der Waals surface area contributed by atoms with E-state index in [0.717, 1.165) is 17.8 Å². The summed E-state index contributed by atoms with van der Waals surface area (Å²) in [4.78, 5) is 16.5. The van der Waals surface area contributed by atoms with Gasteiger partial charge in [0.15, 0.2) is 0 Å². The van der Waals surface area contributed by atoms with E-state index >= 15 is 0 Å². The molecule has 2 aromatic carbocycles. The maximum atomic E-state index is 12.7. The van der Waals surface area contributed by atoms with Crippen molar-refractivity contribution >= 4 is 22.1 Å². The minimum atomic E-state index is -4.37. The lowest BCUT2D eigenvalue weighted by atomic mass is 10.1. The topological polar surface area (TPSA) is 59.3 Å². The molecule has 0 amide bonds. The van der Waals surface area contributed by atoms with Crippen LogP contribution in [0.25, 0.3) is 10.8 Å². The highest BCUT2D eigenvalue weighted by Crippen LogP contribution is 2.33. The molecule has 0 bridgehead atoms. The minimum absolute atomic E-state index is 0.0419. The van der Waals surface area contributed by atoms with Gasteiger partial charge in [0.1, 0.15) is 0 Å². The van der Waals surface area contributed by atoms with Crippen LogP contribution < -0.4 is 4.90 Å². The number of alkyl halides is 3. The highest BCUT2D eigenvalue weighted by molar-refractivity contribution is 5.99. The number of anilines is 1. The molecule has 0 radical (unpaired) electrons. The molecule has 1 aromatic heterocycles. The van der Waals surface area contributed by atoms with Crippen molar-refractivity contribution < 1.29 is 18.1 Å². The van der Waals surface area contributed by atoms with E-state index in [1.807, 2.05) is 4.90 Å². The number of nitrogens with zero attached hydrogens (tertiary/aromatic N) is 3. The second-order valence-corrected chi connectivity index (χ2v) is 5.83. The molecule has 0 N–H and O–H groups in total. The smallest absolute Gasteiger partial charge is 0.370 e. The standard InChI is InChI=1S/C18H14F3N3O2/c1-23(11-12-2-4-13(5-3-12)18(19,20)21)16-6-7-17(24(25)26)15-10-22-9-8-14(15)16/h2-10H,11H2,1H3. The number of fused-ring (bicyclic) bond motifs is 1. The molecule has 0 saturated heterocycles. The van der Waals surface area contributed by atoms with E-state index in [1.54, 1.807) is 25.4 Å². The number of halogens is 3. The van der Waals surface area contributed by atoms with Crippen molar-refractivity contribution in [1.82, 2.24) is 4.98 Å². The number of hydrogen-bond acceptors (Lipinski definition) is 4.